The van der Waals surface area contributed by atoms with Crippen molar-refractivity contribution in [2.75, 3.05) is 37.7 Å². The van der Waals surface area contributed by atoms with Crippen molar-refractivity contribution in [1.82, 2.24) is 15.3 Å². The molecule has 2 N–H and O–H groups in total. The molecular weight excluding hydrogens is 304 g/mol. The lowest BCUT2D eigenvalue weighted by atomic mass is 9.97. The predicted molar refractivity (Wildman–Crippen MR) is 95.2 cm³/mol. The lowest BCUT2D eigenvalue weighted by Crippen LogP contribution is -2.43. The summed E-state index contributed by atoms with van der Waals surface area (Å²) in [6.45, 7) is 5.74. The van der Waals surface area contributed by atoms with Crippen LogP contribution in [0.25, 0.3) is 11.0 Å². The van der Waals surface area contributed by atoms with Gasteiger partial charge in [-0.2, -0.15) is 0 Å². The number of piperidine rings is 1. The summed E-state index contributed by atoms with van der Waals surface area (Å²) in [5.74, 6) is 1.04. The molecular formula is C18H26N4O2. The minimum atomic E-state index is 0.0269. The first-order chi connectivity index (χ1) is 11.8. The van der Waals surface area contributed by atoms with Gasteiger partial charge in [0.05, 0.1) is 17.0 Å². The number of hydrogen-bond acceptors (Lipinski definition) is 4. The quantitative estimate of drug-likeness (QED) is 0.765. The molecule has 0 aliphatic carbocycles. The van der Waals surface area contributed by atoms with E-state index in [-0.39, 0.29) is 11.8 Å². The minimum absolute atomic E-state index is 0.0269. The summed E-state index contributed by atoms with van der Waals surface area (Å²) >= 11 is 0. The number of carbonyl (C=O) groups excluding carboxylic acids is 1. The summed E-state index contributed by atoms with van der Waals surface area (Å²) in [6.07, 6.45) is 2.81. The van der Waals surface area contributed by atoms with Crippen molar-refractivity contribution in [2.24, 2.45) is 5.92 Å². The van der Waals surface area contributed by atoms with Crippen LogP contribution in [0.4, 0.5) is 5.95 Å². The van der Waals surface area contributed by atoms with Gasteiger partial charge < -0.3 is 19.9 Å². The number of fused-ring (bicyclic) bond motifs is 1. The van der Waals surface area contributed by atoms with Crippen LogP contribution >= 0.6 is 0 Å². The van der Waals surface area contributed by atoms with Crippen LogP contribution in [0.1, 0.15) is 26.2 Å². The second-order valence-corrected chi connectivity index (χ2v) is 6.20. The number of carbonyl (C=O) groups is 1. The maximum absolute atomic E-state index is 12.4. The van der Waals surface area contributed by atoms with Crippen LogP contribution in [0.15, 0.2) is 24.3 Å². The Morgan fingerprint density at radius 2 is 2.33 bits per heavy atom. The van der Waals surface area contributed by atoms with E-state index in [9.17, 15) is 4.79 Å². The molecule has 0 spiro atoms. The molecule has 1 aromatic heterocycles. The van der Waals surface area contributed by atoms with E-state index >= 15 is 0 Å². The number of para-hydroxylation sites is 2. The number of imidazole rings is 1. The largest absolute Gasteiger partial charge is 0.382 e. The molecule has 130 valence electrons. The van der Waals surface area contributed by atoms with Crippen molar-refractivity contribution in [2.45, 2.75) is 26.2 Å². The van der Waals surface area contributed by atoms with E-state index in [1.54, 1.807) is 0 Å². The summed E-state index contributed by atoms with van der Waals surface area (Å²) < 4.78 is 5.29. The fraction of sp³-hybridized carbons (Fsp3) is 0.556. The second-order valence-electron chi connectivity index (χ2n) is 6.20. The van der Waals surface area contributed by atoms with E-state index in [0.717, 1.165) is 55.9 Å². The van der Waals surface area contributed by atoms with Crippen molar-refractivity contribution in [3.05, 3.63) is 24.3 Å². The summed E-state index contributed by atoms with van der Waals surface area (Å²) in [5.41, 5.74) is 2.00. The fourth-order valence-electron chi connectivity index (χ4n) is 3.15. The number of nitrogens with zero attached hydrogens (tertiary/aromatic N) is 2. The van der Waals surface area contributed by atoms with Gasteiger partial charge in [0.1, 0.15) is 0 Å². The molecule has 1 atom stereocenters. The maximum Gasteiger partial charge on any atom is 0.224 e. The van der Waals surface area contributed by atoms with E-state index < -0.39 is 0 Å². The number of amides is 1. The monoisotopic (exact) mass is 330 g/mol. The van der Waals surface area contributed by atoms with Crippen LogP contribution in [0, 0.1) is 5.92 Å². The van der Waals surface area contributed by atoms with Gasteiger partial charge in [0, 0.05) is 32.8 Å². The van der Waals surface area contributed by atoms with Crippen LogP contribution in [0.5, 0.6) is 0 Å². The third-order valence-electron chi connectivity index (χ3n) is 4.44. The molecule has 1 saturated heterocycles. The third kappa shape index (κ3) is 4.06. The normalized spacial score (nSPS) is 18.0. The zero-order chi connectivity index (χ0) is 16.8. The molecule has 6 nitrogen and oxygen atoms in total. The Labute approximate surface area is 142 Å². The number of H-pyrrole nitrogens is 1. The number of nitrogens with one attached hydrogen (secondary N) is 2. The lowest BCUT2D eigenvalue weighted by molar-refractivity contribution is -0.125. The Kier molecular flexibility index (Phi) is 5.69. The zero-order valence-corrected chi connectivity index (χ0v) is 14.3. The predicted octanol–water partition coefficient (Wildman–Crippen LogP) is 2.32. The average Bonchev–Trinajstić information content (AvgIpc) is 3.06. The molecule has 1 aliphatic rings. The zero-order valence-electron chi connectivity index (χ0n) is 14.3. The SMILES string of the molecule is CCOCCCNC(=O)[C@H]1CCCN(c2nc3ccccc3[nH]2)C1. The van der Waals surface area contributed by atoms with Crippen molar-refractivity contribution in [1.29, 1.82) is 0 Å². The highest BCUT2D eigenvalue weighted by atomic mass is 16.5. The molecule has 2 aromatic rings. The van der Waals surface area contributed by atoms with Crippen LogP contribution in [0.2, 0.25) is 0 Å². The Balaban J connectivity index is 1.54. The first kappa shape index (κ1) is 16.8. The summed E-state index contributed by atoms with van der Waals surface area (Å²) in [6, 6.07) is 8.01. The highest BCUT2D eigenvalue weighted by molar-refractivity contribution is 5.80. The van der Waals surface area contributed by atoms with Gasteiger partial charge in [-0.3, -0.25) is 4.79 Å². The summed E-state index contributed by atoms with van der Waals surface area (Å²) in [7, 11) is 0. The Morgan fingerprint density at radius 3 is 3.17 bits per heavy atom. The van der Waals surface area contributed by atoms with Crippen molar-refractivity contribution < 1.29 is 9.53 Å². The lowest BCUT2D eigenvalue weighted by Gasteiger charge is -2.31. The van der Waals surface area contributed by atoms with Gasteiger partial charge in [-0.25, -0.2) is 4.98 Å². The first-order valence-corrected chi connectivity index (χ1v) is 8.83. The first-order valence-electron chi connectivity index (χ1n) is 8.83. The molecule has 1 aliphatic heterocycles. The number of aromatic nitrogens is 2. The van der Waals surface area contributed by atoms with E-state index in [0.29, 0.717) is 13.2 Å². The number of hydrogen-bond donors (Lipinski definition) is 2. The Hall–Kier alpha value is -2.08. The van der Waals surface area contributed by atoms with Gasteiger partial charge in [0.15, 0.2) is 0 Å². The molecule has 1 amide bonds. The van der Waals surface area contributed by atoms with E-state index in [1.165, 1.54) is 0 Å². The van der Waals surface area contributed by atoms with Crippen molar-refractivity contribution in [3.8, 4) is 0 Å². The molecule has 6 heteroatoms. The standard InChI is InChI=1S/C18H26N4O2/c1-2-24-12-6-10-19-17(23)14-7-5-11-22(13-14)18-20-15-8-3-4-9-16(15)21-18/h3-4,8-9,14H,2,5-7,10-13H2,1H3,(H,19,23)(H,20,21)/t14-/m0/s1. The molecule has 1 aromatic carbocycles. The Morgan fingerprint density at radius 1 is 1.46 bits per heavy atom. The van der Waals surface area contributed by atoms with Crippen LogP contribution in [-0.2, 0) is 9.53 Å². The number of rotatable bonds is 7. The number of aromatic amines is 1. The number of benzene rings is 1. The molecule has 2 heterocycles. The summed E-state index contributed by atoms with van der Waals surface area (Å²) in [4.78, 5) is 22.6. The molecule has 3 rings (SSSR count). The third-order valence-corrected chi connectivity index (χ3v) is 4.44. The summed E-state index contributed by atoms with van der Waals surface area (Å²) in [5, 5.41) is 3.03. The van der Waals surface area contributed by atoms with Gasteiger partial charge in [-0.15, -0.1) is 0 Å². The van der Waals surface area contributed by atoms with E-state index in [1.807, 2.05) is 31.2 Å². The minimum Gasteiger partial charge on any atom is -0.382 e. The van der Waals surface area contributed by atoms with Gasteiger partial charge in [0.2, 0.25) is 11.9 Å². The topological polar surface area (TPSA) is 70.2 Å². The molecule has 0 radical (unpaired) electrons. The molecule has 0 saturated carbocycles. The molecule has 0 bridgehead atoms. The fourth-order valence-corrected chi connectivity index (χ4v) is 3.15. The van der Waals surface area contributed by atoms with Crippen LogP contribution in [0.3, 0.4) is 0 Å². The van der Waals surface area contributed by atoms with Gasteiger partial charge in [-0.1, -0.05) is 12.1 Å². The molecule has 24 heavy (non-hydrogen) atoms. The number of anilines is 1. The van der Waals surface area contributed by atoms with E-state index in [2.05, 4.69) is 20.2 Å². The maximum atomic E-state index is 12.4. The highest BCUT2D eigenvalue weighted by Crippen LogP contribution is 2.23. The molecule has 0 unspecified atom stereocenters. The number of ether oxygens (including phenoxy) is 1. The smallest absolute Gasteiger partial charge is 0.224 e. The van der Waals surface area contributed by atoms with Crippen LogP contribution in [-0.4, -0.2) is 48.7 Å². The molecule has 1 fully saturated rings. The van der Waals surface area contributed by atoms with Gasteiger partial charge in [0.25, 0.3) is 0 Å². The van der Waals surface area contributed by atoms with Gasteiger partial charge >= 0.3 is 0 Å². The van der Waals surface area contributed by atoms with Crippen molar-refractivity contribution in [3.63, 3.8) is 0 Å². The van der Waals surface area contributed by atoms with Crippen LogP contribution < -0.4 is 10.2 Å². The van der Waals surface area contributed by atoms with Gasteiger partial charge in [-0.05, 0) is 38.3 Å². The second kappa shape index (κ2) is 8.15. The van der Waals surface area contributed by atoms with Crippen molar-refractivity contribution >= 4 is 22.9 Å². The average molecular weight is 330 g/mol. The Bertz CT molecular complexity index is 637. The van der Waals surface area contributed by atoms with E-state index in [4.69, 9.17) is 4.74 Å². The highest BCUT2D eigenvalue weighted by Gasteiger charge is 2.27.